The van der Waals surface area contributed by atoms with E-state index < -0.39 is 17.7 Å². The molecule has 35 heavy (non-hydrogen) atoms. The number of carbonyl (C=O) groups is 2. The molecule has 1 unspecified atom stereocenters. The van der Waals surface area contributed by atoms with Gasteiger partial charge in [0.15, 0.2) is 10.1 Å². The second-order valence-corrected chi connectivity index (χ2v) is 11.0. The average molecular weight is 520 g/mol. The van der Waals surface area contributed by atoms with Crippen molar-refractivity contribution in [2.24, 2.45) is 0 Å². The zero-order valence-corrected chi connectivity index (χ0v) is 21.2. The summed E-state index contributed by atoms with van der Waals surface area (Å²) >= 11 is 4.08. The van der Waals surface area contributed by atoms with Crippen LogP contribution >= 0.6 is 34.4 Å². The summed E-state index contributed by atoms with van der Waals surface area (Å²) in [4.78, 5) is 28.5. The van der Waals surface area contributed by atoms with Gasteiger partial charge in [0.2, 0.25) is 10.9 Å². The monoisotopic (exact) mass is 519 g/mol. The van der Waals surface area contributed by atoms with Crippen LogP contribution in [-0.4, -0.2) is 27.0 Å². The number of aryl methyl sites for hydroxylation is 1. The Morgan fingerprint density at radius 2 is 1.80 bits per heavy atom. The SMILES string of the molecule is CCc1ccc(C2C(C(=O)c3cccs3)=C(O)C(=O)N2c2nnc(SCc3ccccc3)s2)cc1. The van der Waals surface area contributed by atoms with Gasteiger partial charge >= 0.3 is 0 Å². The molecule has 4 aromatic rings. The topological polar surface area (TPSA) is 83.4 Å². The highest BCUT2D eigenvalue weighted by Crippen LogP contribution is 2.44. The Kier molecular flexibility index (Phi) is 6.81. The fourth-order valence-electron chi connectivity index (χ4n) is 3.90. The average Bonchev–Trinajstić information content (AvgIpc) is 3.64. The number of hydrogen-bond donors (Lipinski definition) is 1. The zero-order valence-electron chi connectivity index (χ0n) is 18.7. The lowest BCUT2D eigenvalue weighted by Crippen LogP contribution is -2.31. The van der Waals surface area contributed by atoms with E-state index in [1.165, 1.54) is 39.3 Å². The summed E-state index contributed by atoms with van der Waals surface area (Å²) in [5.74, 6) is -0.829. The smallest absolute Gasteiger partial charge is 0.296 e. The van der Waals surface area contributed by atoms with Crippen molar-refractivity contribution < 1.29 is 14.7 Å². The van der Waals surface area contributed by atoms with Crippen molar-refractivity contribution in [2.75, 3.05) is 4.90 Å². The van der Waals surface area contributed by atoms with Gasteiger partial charge in [0.1, 0.15) is 0 Å². The molecular weight excluding hydrogens is 499 g/mol. The number of aliphatic hydroxyl groups is 1. The lowest BCUT2D eigenvalue weighted by Gasteiger charge is -2.24. The number of nitrogens with zero attached hydrogens (tertiary/aromatic N) is 3. The van der Waals surface area contributed by atoms with Crippen LogP contribution in [0.3, 0.4) is 0 Å². The number of amides is 1. The molecular formula is C26H21N3O3S3. The second-order valence-electron chi connectivity index (χ2n) is 7.87. The van der Waals surface area contributed by atoms with Crippen molar-refractivity contribution in [3.63, 3.8) is 0 Å². The molecule has 1 amide bonds. The van der Waals surface area contributed by atoms with Crippen molar-refractivity contribution in [2.45, 2.75) is 29.5 Å². The first-order valence-corrected chi connectivity index (χ1v) is 13.7. The molecule has 3 heterocycles. The molecule has 2 aromatic heterocycles. The number of thioether (sulfide) groups is 1. The maximum atomic E-state index is 13.4. The van der Waals surface area contributed by atoms with E-state index in [4.69, 9.17) is 0 Å². The van der Waals surface area contributed by atoms with E-state index in [1.807, 2.05) is 54.6 Å². The maximum absolute atomic E-state index is 13.4. The van der Waals surface area contributed by atoms with Crippen LogP contribution in [0.5, 0.6) is 0 Å². The number of Topliss-reactive ketones (excluding diaryl/α,β-unsaturated/α-hetero) is 1. The van der Waals surface area contributed by atoms with Crippen molar-refractivity contribution >= 4 is 51.3 Å². The Balaban J connectivity index is 1.50. The van der Waals surface area contributed by atoms with Crippen LogP contribution in [0.4, 0.5) is 5.13 Å². The minimum absolute atomic E-state index is 0.0652. The number of ketones is 1. The molecule has 9 heteroatoms. The molecule has 0 saturated heterocycles. The highest BCUT2D eigenvalue weighted by atomic mass is 32.2. The number of anilines is 1. The molecule has 1 N–H and O–H groups in total. The number of rotatable bonds is 8. The van der Waals surface area contributed by atoms with Gasteiger partial charge in [0, 0.05) is 5.75 Å². The summed E-state index contributed by atoms with van der Waals surface area (Å²) in [6.45, 7) is 2.06. The normalized spacial score (nSPS) is 15.7. The molecule has 0 aliphatic carbocycles. The number of hydrogen-bond acceptors (Lipinski definition) is 8. The minimum atomic E-state index is -0.789. The van der Waals surface area contributed by atoms with Gasteiger partial charge in [-0.25, -0.2) is 0 Å². The van der Waals surface area contributed by atoms with Crippen molar-refractivity contribution in [3.05, 3.63) is 105 Å². The van der Waals surface area contributed by atoms with E-state index in [9.17, 15) is 14.7 Å². The van der Waals surface area contributed by atoms with E-state index in [-0.39, 0.29) is 11.4 Å². The Morgan fingerprint density at radius 3 is 2.49 bits per heavy atom. The predicted molar refractivity (Wildman–Crippen MR) is 140 cm³/mol. The third-order valence-electron chi connectivity index (χ3n) is 5.71. The Hall–Kier alpha value is -3.27. The minimum Gasteiger partial charge on any atom is -0.503 e. The summed E-state index contributed by atoms with van der Waals surface area (Å²) in [6.07, 6.45) is 0.869. The molecule has 5 rings (SSSR count). The molecule has 1 aliphatic heterocycles. The van der Waals surface area contributed by atoms with Gasteiger partial charge in [-0.2, -0.15) is 0 Å². The molecule has 0 fully saturated rings. The molecule has 176 valence electrons. The highest BCUT2D eigenvalue weighted by Gasteiger charge is 2.46. The van der Waals surface area contributed by atoms with Crippen LogP contribution in [0, 0.1) is 0 Å². The van der Waals surface area contributed by atoms with Gasteiger partial charge in [-0.1, -0.05) is 90.7 Å². The summed E-state index contributed by atoms with van der Waals surface area (Å²) in [5.41, 5.74) is 3.09. The van der Waals surface area contributed by atoms with Crippen LogP contribution in [0.15, 0.2) is 87.8 Å². The van der Waals surface area contributed by atoms with Crippen molar-refractivity contribution in [3.8, 4) is 0 Å². The van der Waals surface area contributed by atoms with Gasteiger partial charge in [-0.05, 0) is 34.6 Å². The number of aromatic nitrogens is 2. The molecule has 1 aliphatic rings. The Labute approximate surface area is 215 Å². The Morgan fingerprint density at radius 1 is 1.03 bits per heavy atom. The first-order chi connectivity index (χ1) is 17.1. The van der Waals surface area contributed by atoms with Crippen LogP contribution < -0.4 is 4.90 Å². The van der Waals surface area contributed by atoms with E-state index in [2.05, 4.69) is 17.1 Å². The van der Waals surface area contributed by atoms with Gasteiger partial charge in [-0.15, -0.1) is 21.5 Å². The zero-order chi connectivity index (χ0) is 24.4. The van der Waals surface area contributed by atoms with E-state index in [0.717, 1.165) is 28.9 Å². The van der Waals surface area contributed by atoms with Gasteiger partial charge in [0.05, 0.1) is 16.5 Å². The lowest BCUT2D eigenvalue weighted by atomic mass is 9.94. The summed E-state index contributed by atoms with van der Waals surface area (Å²) in [7, 11) is 0. The van der Waals surface area contributed by atoms with Gasteiger partial charge in [0.25, 0.3) is 5.91 Å². The largest absolute Gasteiger partial charge is 0.503 e. The summed E-state index contributed by atoms with van der Waals surface area (Å²) < 4.78 is 0.703. The van der Waals surface area contributed by atoms with Gasteiger partial charge < -0.3 is 5.11 Å². The third kappa shape index (κ3) is 4.67. The number of benzene rings is 2. The van der Waals surface area contributed by atoms with E-state index in [1.54, 1.807) is 17.5 Å². The van der Waals surface area contributed by atoms with Crippen molar-refractivity contribution in [1.29, 1.82) is 0 Å². The molecule has 0 bridgehead atoms. The second kappa shape index (κ2) is 10.2. The van der Waals surface area contributed by atoms with Crippen LogP contribution in [-0.2, 0) is 17.0 Å². The predicted octanol–water partition coefficient (Wildman–Crippen LogP) is 6.24. The fourth-order valence-corrected chi connectivity index (χ4v) is 6.40. The third-order valence-corrected chi connectivity index (χ3v) is 8.70. The first kappa shape index (κ1) is 23.5. The van der Waals surface area contributed by atoms with Crippen molar-refractivity contribution in [1.82, 2.24) is 10.2 Å². The number of thiophene rings is 1. The molecule has 0 saturated carbocycles. The van der Waals surface area contributed by atoms with Crippen LogP contribution in [0.1, 0.15) is 39.3 Å². The number of aliphatic hydroxyl groups excluding tert-OH is 1. The van der Waals surface area contributed by atoms with Gasteiger partial charge in [-0.3, -0.25) is 14.5 Å². The molecule has 6 nitrogen and oxygen atoms in total. The molecule has 0 spiro atoms. The molecule has 2 aromatic carbocycles. The summed E-state index contributed by atoms with van der Waals surface area (Å²) in [5, 5.41) is 21.5. The maximum Gasteiger partial charge on any atom is 0.296 e. The van der Waals surface area contributed by atoms with E-state index >= 15 is 0 Å². The number of carbonyl (C=O) groups excluding carboxylic acids is 2. The standard InChI is InChI=1S/C26H21N3O3S3/c1-2-16-10-12-18(13-11-16)21-20(22(30)19-9-6-14-33-19)23(31)24(32)29(21)25-27-28-26(35-25)34-15-17-7-4-3-5-8-17/h3-14,21,31H,2,15H2,1H3. The lowest BCUT2D eigenvalue weighted by molar-refractivity contribution is -0.117. The Bertz CT molecular complexity index is 1380. The van der Waals surface area contributed by atoms with E-state index in [0.29, 0.717) is 14.3 Å². The molecule has 1 atom stereocenters. The highest BCUT2D eigenvalue weighted by molar-refractivity contribution is 8.00. The van der Waals surface area contributed by atoms with Crippen LogP contribution in [0.2, 0.25) is 0 Å². The molecule has 0 radical (unpaired) electrons. The first-order valence-electron chi connectivity index (χ1n) is 11.0. The summed E-state index contributed by atoms with van der Waals surface area (Å²) in [6, 6.07) is 20.4. The fraction of sp³-hybridized carbons (Fsp3) is 0.154. The quantitative estimate of drug-likeness (QED) is 0.169. The van der Waals surface area contributed by atoms with Crippen LogP contribution in [0.25, 0.3) is 0 Å².